The fraction of sp³-hybridized carbons (Fsp3) is 0.143. The molecule has 1 N–H and O–H groups in total. The van der Waals surface area contributed by atoms with E-state index in [-0.39, 0.29) is 0 Å². The zero-order chi connectivity index (χ0) is 11.4. The number of nitrogens with one attached hydrogen (secondary N) is 1. The molecule has 2 aromatic rings. The van der Waals surface area contributed by atoms with Crippen LogP contribution in [0.3, 0.4) is 0 Å². The van der Waals surface area contributed by atoms with E-state index in [1.165, 1.54) is 10.5 Å². The molecule has 2 rings (SSSR count). The van der Waals surface area contributed by atoms with Crippen LogP contribution in [0.25, 0.3) is 0 Å². The van der Waals surface area contributed by atoms with E-state index in [4.69, 9.17) is 0 Å². The molecule has 16 heavy (non-hydrogen) atoms. The lowest BCUT2D eigenvalue weighted by Gasteiger charge is -2.09. The average molecular weight is 229 g/mol. The van der Waals surface area contributed by atoms with Crippen LogP contribution < -0.4 is 5.32 Å². The van der Waals surface area contributed by atoms with Crippen molar-refractivity contribution in [1.29, 1.82) is 0 Å². The van der Waals surface area contributed by atoms with Crippen molar-refractivity contribution in [1.82, 2.24) is 0 Å². The van der Waals surface area contributed by atoms with Gasteiger partial charge in [0, 0.05) is 16.3 Å². The standard InChI is InChI=1S/C14H15NS/c1-11-10-13(8-9-14(11)16-2)15-12-6-4-3-5-7-12/h3-10,15H,1-2H3. The predicted molar refractivity (Wildman–Crippen MR) is 72.7 cm³/mol. The van der Waals surface area contributed by atoms with Gasteiger partial charge in [-0.05, 0) is 49.1 Å². The van der Waals surface area contributed by atoms with Gasteiger partial charge >= 0.3 is 0 Å². The molecule has 2 heteroatoms. The number of benzene rings is 2. The van der Waals surface area contributed by atoms with Gasteiger partial charge in [0.15, 0.2) is 0 Å². The number of rotatable bonds is 3. The maximum Gasteiger partial charge on any atom is 0.0387 e. The highest BCUT2D eigenvalue weighted by atomic mass is 32.2. The molecule has 0 amide bonds. The topological polar surface area (TPSA) is 12.0 Å². The molecule has 1 nitrogen and oxygen atoms in total. The molecular formula is C14H15NS. The van der Waals surface area contributed by atoms with Crippen LogP contribution in [0, 0.1) is 6.92 Å². The van der Waals surface area contributed by atoms with Crippen LogP contribution in [0.2, 0.25) is 0 Å². The second-order valence-electron chi connectivity index (χ2n) is 3.68. The Balaban J connectivity index is 2.20. The second-order valence-corrected chi connectivity index (χ2v) is 4.52. The lowest BCUT2D eigenvalue weighted by molar-refractivity contribution is 1.30. The quantitative estimate of drug-likeness (QED) is 0.780. The highest BCUT2D eigenvalue weighted by Gasteiger charge is 1.98. The number of para-hydroxylation sites is 1. The molecule has 0 heterocycles. The van der Waals surface area contributed by atoms with E-state index in [1.807, 2.05) is 18.2 Å². The summed E-state index contributed by atoms with van der Waals surface area (Å²) in [6, 6.07) is 16.7. The Kier molecular flexibility index (Phi) is 3.52. The third kappa shape index (κ3) is 2.58. The summed E-state index contributed by atoms with van der Waals surface area (Å²) in [4.78, 5) is 1.33. The Labute approximate surface area is 101 Å². The highest BCUT2D eigenvalue weighted by molar-refractivity contribution is 7.98. The van der Waals surface area contributed by atoms with Crippen LogP contribution in [0.4, 0.5) is 11.4 Å². The van der Waals surface area contributed by atoms with Crippen LogP contribution in [-0.2, 0) is 0 Å². The zero-order valence-electron chi connectivity index (χ0n) is 9.53. The summed E-state index contributed by atoms with van der Waals surface area (Å²) in [5, 5.41) is 3.39. The molecule has 0 aromatic heterocycles. The monoisotopic (exact) mass is 229 g/mol. The van der Waals surface area contributed by atoms with E-state index in [9.17, 15) is 0 Å². The molecule has 0 spiro atoms. The summed E-state index contributed by atoms with van der Waals surface area (Å²) in [5.41, 5.74) is 3.58. The van der Waals surface area contributed by atoms with Crippen molar-refractivity contribution in [2.45, 2.75) is 11.8 Å². The highest BCUT2D eigenvalue weighted by Crippen LogP contribution is 2.24. The van der Waals surface area contributed by atoms with Gasteiger partial charge < -0.3 is 5.32 Å². The summed E-state index contributed by atoms with van der Waals surface area (Å²) in [6.07, 6.45) is 2.10. The molecular weight excluding hydrogens is 214 g/mol. The van der Waals surface area contributed by atoms with Gasteiger partial charge in [0.2, 0.25) is 0 Å². The third-order valence-corrected chi connectivity index (χ3v) is 3.36. The van der Waals surface area contributed by atoms with Crippen molar-refractivity contribution in [2.24, 2.45) is 0 Å². The summed E-state index contributed by atoms with van der Waals surface area (Å²) in [6.45, 7) is 2.14. The average Bonchev–Trinajstić information content (AvgIpc) is 2.31. The molecule has 0 atom stereocenters. The molecule has 0 saturated carbocycles. The van der Waals surface area contributed by atoms with Gasteiger partial charge in [-0.25, -0.2) is 0 Å². The van der Waals surface area contributed by atoms with Crippen molar-refractivity contribution < 1.29 is 0 Å². The van der Waals surface area contributed by atoms with Gasteiger partial charge in [0.05, 0.1) is 0 Å². The van der Waals surface area contributed by atoms with Crippen LogP contribution >= 0.6 is 11.8 Å². The first kappa shape index (κ1) is 11.1. The van der Waals surface area contributed by atoms with E-state index in [2.05, 4.69) is 48.8 Å². The number of thioether (sulfide) groups is 1. The third-order valence-electron chi connectivity index (χ3n) is 2.46. The summed E-state index contributed by atoms with van der Waals surface area (Å²) >= 11 is 1.78. The lowest BCUT2D eigenvalue weighted by atomic mass is 10.2. The number of aryl methyl sites for hydroxylation is 1. The van der Waals surface area contributed by atoms with E-state index in [0.29, 0.717) is 0 Å². The summed E-state index contributed by atoms with van der Waals surface area (Å²) < 4.78 is 0. The molecule has 0 radical (unpaired) electrons. The normalized spacial score (nSPS) is 10.1. The van der Waals surface area contributed by atoms with Gasteiger partial charge in [-0.2, -0.15) is 0 Å². The van der Waals surface area contributed by atoms with Gasteiger partial charge in [-0.1, -0.05) is 18.2 Å². The fourth-order valence-electron chi connectivity index (χ4n) is 1.64. The Hall–Kier alpha value is -1.41. The Morgan fingerprint density at radius 3 is 2.31 bits per heavy atom. The van der Waals surface area contributed by atoms with Crippen molar-refractivity contribution >= 4 is 23.1 Å². The van der Waals surface area contributed by atoms with Crippen molar-refractivity contribution in [3.63, 3.8) is 0 Å². The molecule has 0 saturated heterocycles. The lowest BCUT2D eigenvalue weighted by Crippen LogP contribution is -1.90. The summed E-state index contributed by atoms with van der Waals surface area (Å²) in [5.74, 6) is 0. The first-order valence-corrected chi connectivity index (χ1v) is 6.49. The zero-order valence-corrected chi connectivity index (χ0v) is 10.3. The molecule has 0 aliphatic rings. The minimum absolute atomic E-state index is 1.12. The largest absolute Gasteiger partial charge is 0.356 e. The molecule has 0 fully saturated rings. The number of anilines is 2. The van der Waals surface area contributed by atoms with Crippen molar-refractivity contribution in [3.05, 3.63) is 54.1 Å². The number of hydrogen-bond acceptors (Lipinski definition) is 2. The Morgan fingerprint density at radius 2 is 1.69 bits per heavy atom. The molecule has 2 aromatic carbocycles. The van der Waals surface area contributed by atoms with Crippen LogP contribution in [0.1, 0.15) is 5.56 Å². The molecule has 0 bridgehead atoms. The summed E-state index contributed by atoms with van der Waals surface area (Å²) in [7, 11) is 0. The smallest absolute Gasteiger partial charge is 0.0387 e. The van der Waals surface area contributed by atoms with Gasteiger partial charge in [0.25, 0.3) is 0 Å². The number of hydrogen-bond donors (Lipinski definition) is 1. The van der Waals surface area contributed by atoms with E-state index >= 15 is 0 Å². The minimum atomic E-state index is 1.12. The molecule has 0 aliphatic carbocycles. The Bertz CT molecular complexity index is 465. The Morgan fingerprint density at radius 1 is 0.938 bits per heavy atom. The second kappa shape index (κ2) is 5.08. The van der Waals surface area contributed by atoms with E-state index < -0.39 is 0 Å². The maximum absolute atomic E-state index is 3.39. The van der Waals surface area contributed by atoms with E-state index in [1.54, 1.807) is 11.8 Å². The first-order chi connectivity index (χ1) is 7.79. The van der Waals surface area contributed by atoms with Crippen LogP contribution in [0.15, 0.2) is 53.4 Å². The SMILES string of the molecule is CSc1ccc(Nc2ccccc2)cc1C. The van der Waals surface area contributed by atoms with E-state index in [0.717, 1.165) is 11.4 Å². The molecule has 82 valence electrons. The molecule has 0 aliphatic heterocycles. The van der Waals surface area contributed by atoms with Crippen molar-refractivity contribution in [2.75, 3.05) is 11.6 Å². The predicted octanol–water partition coefficient (Wildman–Crippen LogP) is 4.46. The fourth-order valence-corrected chi connectivity index (χ4v) is 2.23. The van der Waals surface area contributed by atoms with Crippen LogP contribution in [0.5, 0.6) is 0 Å². The van der Waals surface area contributed by atoms with Gasteiger partial charge in [-0.3, -0.25) is 0 Å². The maximum atomic E-state index is 3.39. The van der Waals surface area contributed by atoms with Gasteiger partial charge in [0.1, 0.15) is 0 Å². The molecule has 0 unspecified atom stereocenters. The first-order valence-electron chi connectivity index (χ1n) is 5.26. The van der Waals surface area contributed by atoms with Gasteiger partial charge in [-0.15, -0.1) is 11.8 Å². The van der Waals surface area contributed by atoms with Crippen molar-refractivity contribution in [3.8, 4) is 0 Å². The van der Waals surface area contributed by atoms with Crippen LogP contribution in [-0.4, -0.2) is 6.26 Å². The minimum Gasteiger partial charge on any atom is -0.356 e.